The summed E-state index contributed by atoms with van der Waals surface area (Å²) in [5, 5.41) is 7.37. The summed E-state index contributed by atoms with van der Waals surface area (Å²) >= 11 is 0. The van der Waals surface area contributed by atoms with Gasteiger partial charge in [0.1, 0.15) is 5.69 Å². The van der Waals surface area contributed by atoms with Gasteiger partial charge in [-0.1, -0.05) is 0 Å². The molecular weight excluding hydrogens is 178 g/mol. The molecule has 1 rings (SSSR count). The van der Waals surface area contributed by atoms with Gasteiger partial charge in [-0.05, 0) is 33.9 Å². The van der Waals surface area contributed by atoms with E-state index in [4.69, 9.17) is 4.74 Å². The van der Waals surface area contributed by atoms with Crippen molar-refractivity contribution < 1.29 is 4.74 Å². The highest BCUT2D eigenvalue weighted by molar-refractivity contribution is 5.31. The molecule has 4 nitrogen and oxygen atoms in total. The van der Waals surface area contributed by atoms with Crippen molar-refractivity contribution in [2.45, 2.75) is 20.3 Å². The van der Waals surface area contributed by atoms with Gasteiger partial charge in [-0.3, -0.25) is 4.68 Å². The molecule has 0 unspecified atom stereocenters. The molecule has 0 amide bonds. The third-order valence-corrected chi connectivity index (χ3v) is 2.26. The standard InChI is InChI=1S/C10H19N3O/c1-8-10(9(2)13(4)12-8)14-7-5-6-11-3/h11H,5-7H2,1-4H3. The van der Waals surface area contributed by atoms with E-state index in [1.165, 1.54) is 0 Å². The fourth-order valence-corrected chi connectivity index (χ4v) is 1.39. The quantitative estimate of drug-likeness (QED) is 0.716. The second-order valence-electron chi connectivity index (χ2n) is 3.43. The molecule has 1 aromatic rings. The highest BCUT2D eigenvalue weighted by Gasteiger charge is 2.09. The van der Waals surface area contributed by atoms with Crippen LogP contribution >= 0.6 is 0 Å². The van der Waals surface area contributed by atoms with Gasteiger partial charge in [0.25, 0.3) is 0 Å². The summed E-state index contributed by atoms with van der Waals surface area (Å²) in [7, 11) is 3.88. The Morgan fingerprint density at radius 2 is 2.14 bits per heavy atom. The van der Waals surface area contributed by atoms with Crippen molar-refractivity contribution in [2.75, 3.05) is 20.2 Å². The molecule has 0 atom stereocenters. The van der Waals surface area contributed by atoms with Gasteiger partial charge >= 0.3 is 0 Å². The Bertz CT molecular complexity index is 294. The molecular formula is C10H19N3O. The number of ether oxygens (including phenoxy) is 1. The summed E-state index contributed by atoms with van der Waals surface area (Å²) < 4.78 is 7.52. The third-order valence-electron chi connectivity index (χ3n) is 2.26. The molecule has 0 aromatic carbocycles. The predicted molar refractivity (Wildman–Crippen MR) is 56.7 cm³/mol. The monoisotopic (exact) mass is 197 g/mol. The zero-order valence-corrected chi connectivity index (χ0v) is 9.42. The van der Waals surface area contributed by atoms with Gasteiger partial charge in [-0.2, -0.15) is 5.10 Å². The van der Waals surface area contributed by atoms with Crippen LogP contribution in [0.1, 0.15) is 17.8 Å². The Hall–Kier alpha value is -1.03. The van der Waals surface area contributed by atoms with Gasteiger partial charge in [-0.25, -0.2) is 0 Å². The summed E-state index contributed by atoms with van der Waals surface area (Å²) in [6, 6.07) is 0. The molecule has 0 saturated heterocycles. The summed E-state index contributed by atoms with van der Waals surface area (Å²) in [5.41, 5.74) is 2.06. The van der Waals surface area contributed by atoms with Crippen molar-refractivity contribution in [3.63, 3.8) is 0 Å². The Kier molecular flexibility index (Phi) is 3.95. The first-order chi connectivity index (χ1) is 6.66. The minimum Gasteiger partial charge on any atom is -0.490 e. The van der Waals surface area contributed by atoms with Crippen molar-refractivity contribution in [3.05, 3.63) is 11.4 Å². The molecule has 0 aliphatic heterocycles. The molecule has 0 aliphatic rings. The lowest BCUT2D eigenvalue weighted by molar-refractivity contribution is 0.305. The van der Waals surface area contributed by atoms with Crippen molar-refractivity contribution in [2.24, 2.45) is 7.05 Å². The molecule has 1 N–H and O–H groups in total. The second-order valence-corrected chi connectivity index (χ2v) is 3.43. The molecule has 0 radical (unpaired) electrons. The summed E-state index contributed by atoms with van der Waals surface area (Å²) in [5.74, 6) is 0.934. The van der Waals surface area contributed by atoms with Crippen LogP contribution in [0.5, 0.6) is 5.75 Å². The highest BCUT2D eigenvalue weighted by Crippen LogP contribution is 2.21. The van der Waals surface area contributed by atoms with Crippen LogP contribution in [0.2, 0.25) is 0 Å². The lowest BCUT2D eigenvalue weighted by atomic mass is 10.3. The maximum Gasteiger partial charge on any atom is 0.162 e. The van der Waals surface area contributed by atoms with Gasteiger partial charge in [0, 0.05) is 7.05 Å². The van der Waals surface area contributed by atoms with E-state index in [2.05, 4.69) is 10.4 Å². The molecule has 0 fully saturated rings. The fraction of sp³-hybridized carbons (Fsp3) is 0.700. The van der Waals surface area contributed by atoms with Crippen molar-refractivity contribution in [1.29, 1.82) is 0 Å². The lowest BCUT2D eigenvalue weighted by Crippen LogP contribution is -2.11. The Labute approximate surface area is 85.3 Å². The predicted octanol–water partition coefficient (Wildman–Crippen LogP) is 1.03. The second kappa shape index (κ2) is 5.00. The van der Waals surface area contributed by atoms with Crippen LogP contribution in [0.15, 0.2) is 0 Å². The lowest BCUT2D eigenvalue weighted by Gasteiger charge is -2.05. The van der Waals surface area contributed by atoms with Crippen LogP contribution in [0.3, 0.4) is 0 Å². The van der Waals surface area contributed by atoms with E-state index in [-0.39, 0.29) is 0 Å². The zero-order chi connectivity index (χ0) is 10.6. The minimum atomic E-state index is 0.744. The Morgan fingerprint density at radius 3 is 2.64 bits per heavy atom. The molecule has 14 heavy (non-hydrogen) atoms. The largest absolute Gasteiger partial charge is 0.490 e. The average molecular weight is 197 g/mol. The van der Waals surface area contributed by atoms with Crippen LogP contribution in [-0.4, -0.2) is 30.0 Å². The fourth-order valence-electron chi connectivity index (χ4n) is 1.39. The molecule has 0 aliphatic carbocycles. The number of hydrogen-bond donors (Lipinski definition) is 1. The number of aromatic nitrogens is 2. The third kappa shape index (κ3) is 2.48. The summed E-state index contributed by atoms with van der Waals surface area (Å²) in [4.78, 5) is 0. The van der Waals surface area contributed by atoms with Gasteiger partial charge in [-0.15, -0.1) is 0 Å². The number of hydrogen-bond acceptors (Lipinski definition) is 3. The first-order valence-electron chi connectivity index (χ1n) is 4.94. The molecule has 80 valence electrons. The van der Waals surface area contributed by atoms with Gasteiger partial charge in [0.15, 0.2) is 5.75 Å². The van der Waals surface area contributed by atoms with Crippen molar-refractivity contribution >= 4 is 0 Å². The van der Waals surface area contributed by atoms with Crippen LogP contribution in [-0.2, 0) is 7.05 Å². The smallest absolute Gasteiger partial charge is 0.162 e. The first kappa shape index (κ1) is 11.0. The first-order valence-corrected chi connectivity index (χ1v) is 4.94. The molecule has 0 saturated carbocycles. The number of nitrogens with one attached hydrogen (secondary N) is 1. The molecule has 1 heterocycles. The van der Waals surface area contributed by atoms with Crippen molar-refractivity contribution in [1.82, 2.24) is 15.1 Å². The SMILES string of the molecule is CNCCCOc1c(C)nn(C)c1C. The Balaban J connectivity index is 2.49. The van der Waals surface area contributed by atoms with Crippen LogP contribution in [0.25, 0.3) is 0 Å². The molecule has 0 bridgehead atoms. The van der Waals surface area contributed by atoms with Gasteiger partial charge in [0.05, 0.1) is 12.3 Å². The topological polar surface area (TPSA) is 39.1 Å². The van der Waals surface area contributed by atoms with E-state index in [1.54, 1.807) is 0 Å². The van der Waals surface area contributed by atoms with E-state index >= 15 is 0 Å². The Morgan fingerprint density at radius 1 is 1.43 bits per heavy atom. The van der Waals surface area contributed by atoms with E-state index < -0.39 is 0 Å². The number of aryl methyl sites for hydroxylation is 2. The maximum atomic E-state index is 5.67. The zero-order valence-electron chi connectivity index (χ0n) is 9.42. The molecule has 1 aromatic heterocycles. The van der Waals surface area contributed by atoms with Gasteiger partial charge in [0.2, 0.25) is 0 Å². The number of rotatable bonds is 5. The molecule has 0 spiro atoms. The average Bonchev–Trinajstić information content (AvgIpc) is 2.38. The van der Waals surface area contributed by atoms with Gasteiger partial charge < -0.3 is 10.1 Å². The van der Waals surface area contributed by atoms with E-state index in [0.717, 1.165) is 36.7 Å². The minimum absolute atomic E-state index is 0.744. The normalized spacial score (nSPS) is 10.6. The van der Waals surface area contributed by atoms with E-state index in [9.17, 15) is 0 Å². The van der Waals surface area contributed by atoms with Crippen LogP contribution in [0, 0.1) is 13.8 Å². The summed E-state index contributed by atoms with van der Waals surface area (Å²) in [6.45, 7) is 5.72. The van der Waals surface area contributed by atoms with Crippen LogP contribution < -0.4 is 10.1 Å². The maximum absolute atomic E-state index is 5.67. The van der Waals surface area contributed by atoms with E-state index in [0.29, 0.717) is 0 Å². The van der Waals surface area contributed by atoms with E-state index in [1.807, 2.05) is 32.6 Å². The molecule has 4 heteroatoms. The highest BCUT2D eigenvalue weighted by atomic mass is 16.5. The number of nitrogens with zero attached hydrogens (tertiary/aromatic N) is 2. The van der Waals surface area contributed by atoms with Crippen molar-refractivity contribution in [3.8, 4) is 5.75 Å². The van der Waals surface area contributed by atoms with Crippen LogP contribution in [0.4, 0.5) is 0 Å². The summed E-state index contributed by atoms with van der Waals surface area (Å²) in [6.07, 6.45) is 1.02.